The molecule has 1 aromatic heterocycles. The Hall–Kier alpha value is -2.76. The van der Waals surface area contributed by atoms with Gasteiger partial charge in [-0.1, -0.05) is 49.4 Å². The number of carbonyl (C=O) groups excluding carboxylic acids is 1. The largest absolute Gasteiger partial charge is 0.325 e. The molecule has 0 aliphatic rings. The number of hydrogen-bond donors (Lipinski definition) is 1. The van der Waals surface area contributed by atoms with Crippen molar-refractivity contribution in [2.45, 2.75) is 44.7 Å². The monoisotopic (exact) mass is 488 g/mol. The summed E-state index contributed by atoms with van der Waals surface area (Å²) in [5.74, 6) is -0.220. The summed E-state index contributed by atoms with van der Waals surface area (Å²) >= 11 is 1.20. The van der Waals surface area contributed by atoms with Gasteiger partial charge in [0.25, 0.3) is 0 Å². The molecule has 0 spiro atoms. The van der Waals surface area contributed by atoms with Gasteiger partial charge < -0.3 is 5.32 Å². The van der Waals surface area contributed by atoms with Gasteiger partial charge in [-0.3, -0.25) is 4.79 Å². The van der Waals surface area contributed by atoms with Crippen molar-refractivity contribution < 1.29 is 13.2 Å². The van der Waals surface area contributed by atoms with Gasteiger partial charge in [0.05, 0.1) is 16.3 Å². The molecule has 0 aliphatic heterocycles. The standard InChI is InChI=1S/C22H28N6O3S2/c1-6-27(7-2)33(30,31)20-13-18(10-9-16(20)4)23-21(29)14-32-22-24-25-26-28(22)19-11-8-15(3)12-17(19)5/h8-13H,6-7,14H2,1-5H3,(H,23,29). The van der Waals surface area contributed by atoms with E-state index in [9.17, 15) is 13.2 Å². The first-order valence-electron chi connectivity index (χ1n) is 10.6. The molecular formula is C22H28N6O3S2. The van der Waals surface area contributed by atoms with Crippen LogP contribution in [-0.4, -0.2) is 57.7 Å². The number of benzene rings is 2. The third-order valence-corrected chi connectivity index (χ3v) is 8.26. The zero-order valence-corrected chi connectivity index (χ0v) is 21.0. The fourth-order valence-electron chi connectivity index (χ4n) is 3.45. The molecule has 0 atom stereocenters. The second kappa shape index (κ2) is 10.4. The van der Waals surface area contributed by atoms with Gasteiger partial charge in [-0.25, -0.2) is 8.42 Å². The molecule has 3 aromatic rings. The molecule has 0 aliphatic carbocycles. The lowest BCUT2D eigenvalue weighted by molar-refractivity contribution is -0.113. The van der Waals surface area contributed by atoms with Crippen molar-refractivity contribution in [1.29, 1.82) is 0 Å². The first-order chi connectivity index (χ1) is 15.7. The van der Waals surface area contributed by atoms with Crippen LogP contribution in [0.15, 0.2) is 46.5 Å². The van der Waals surface area contributed by atoms with Crippen LogP contribution in [0.25, 0.3) is 5.69 Å². The average Bonchev–Trinajstić information content (AvgIpc) is 3.22. The third kappa shape index (κ3) is 5.60. The Morgan fingerprint density at radius 1 is 1.06 bits per heavy atom. The molecule has 0 radical (unpaired) electrons. The Balaban J connectivity index is 1.73. The highest BCUT2D eigenvalue weighted by Crippen LogP contribution is 2.25. The van der Waals surface area contributed by atoms with E-state index in [4.69, 9.17) is 0 Å². The Kier molecular flexibility index (Phi) is 7.88. The SMILES string of the molecule is CCN(CC)S(=O)(=O)c1cc(NC(=O)CSc2nnnn2-c2ccc(C)cc2C)ccc1C. The van der Waals surface area contributed by atoms with E-state index in [1.807, 2.05) is 32.0 Å². The Labute approximate surface area is 198 Å². The molecule has 0 bridgehead atoms. The minimum atomic E-state index is -3.63. The predicted octanol–water partition coefficient (Wildman–Crippen LogP) is 3.35. The van der Waals surface area contributed by atoms with Gasteiger partial charge in [0.1, 0.15) is 0 Å². The van der Waals surface area contributed by atoms with E-state index < -0.39 is 10.0 Å². The predicted molar refractivity (Wildman–Crippen MR) is 129 cm³/mol. The molecule has 0 saturated heterocycles. The van der Waals surface area contributed by atoms with Crippen LogP contribution in [0.2, 0.25) is 0 Å². The second-order valence-electron chi connectivity index (χ2n) is 7.57. The smallest absolute Gasteiger partial charge is 0.243 e. The number of nitrogens with zero attached hydrogens (tertiary/aromatic N) is 5. The number of hydrogen-bond acceptors (Lipinski definition) is 7. The average molecular weight is 489 g/mol. The molecular weight excluding hydrogens is 460 g/mol. The van der Waals surface area contributed by atoms with Gasteiger partial charge in [-0.05, 0) is 60.5 Å². The molecule has 1 heterocycles. The minimum Gasteiger partial charge on any atom is -0.325 e. The van der Waals surface area contributed by atoms with E-state index in [1.165, 1.54) is 22.1 Å². The van der Waals surface area contributed by atoms with E-state index in [2.05, 4.69) is 20.8 Å². The van der Waals surface area contributed by atoms with Gasteiger partial charge >= 0.3 is 0 Å². The molecule has 1 N–H and O–H groups in total. The Morgan fingerprint density at radius 2 is 1.79 bits per heavy atom. The highest BCUT2D eigenvalue weighted by molar-refractivity contribution is 7.99. The number of nitrogens with one attached hydrogen (secondary N) is 1. The van der Waals surface area contributed by atoms with Crippen LogP contribution in [0.3, 0.4) is 0 Å². The van der Waals surface area contributed by atoms with E-state index in [-0.39, 0.29) is 16.6 Å². The molecule has 2 aromatic carbocycles. The fourth-order valence-corrected chi connectivity index (χ4v) is 5.84. The van der Waals surface area contributed by atoms with E-state index in [0.717, 1.165) is 16.8 Å². The number of aromatic nitrogens is 4. The molecule has 3 rings (SSSR count). The normalized spacial score (nSPS) is 11.7. The highest BCUT2D eigenvalue weighted by atomic mass is 32.2. The lowest BCUT2D eigenvalue weighted by Crippen LogP contribution is -2.31. The molecule has 33 heavy (non-hydrogen) atoms. The summed E-state index contributed by atoms with van der Waals surface area (Å²) in [7, 11) is -3.63. The summed E-state index contributed by atoms with van der Waals surface area (Å²) in [6.07, 6.45) is 0. The number of amides is 1. The van der Waals surface area contributed by atoms with E-state index in [0.29, 0.717) is 29.5 Å². The van der Waals surface area contributed by atoms with E-state index in [1.54, 1.807) is 37.6 Å². The number of rotatable bonds is 9. The molecule has 0 unspecified atom stereocenters. The van der Waals surface area contributed by atoms with Crippen LogP contribution in [-0.2, 0) is 14.8 Å². The van der Waals surface area contributed by atoms with Gasteiger partial charge in [0.2, 0.25) is 21.1 Å². The highest BCUT2D eigenvalue weighted by Gasteiger charge is 2.24. The number of carbonyl (C=O) groups is 1. The Bertz CT molecular complexity index is 1250. The molecule has 0 fully saturated rings. The second-order valence-corrected chi connectivity index (χ2v) is 10.4. The number of sulfonamides is 1. The van der Waals surface area contributed by atoms with Crippen molar-refractivity contribution in [3.63, 3.8) is 0 Å². The molecule has 9 nitrogen and oxygen atoms in total. The fraction of sp³-hybridized carbons (Fsp3) is 0.364. The topological polar surface area (TPSA) is 110 Å². The summed E-state index contributed by atoms with van der Waals surface area (Å²) in [5, 5.41) is 15.1. The molecule has 1 amide bonds. The van der Waals surface area contributed by atoms with Gasteiger partial charge in [-0.15, -0.1) is 5.10 Å². The maximum absolute atomic E-state index is 12.9. The van der Waals surface area contributed by atoms with Crippen LogP contribution in [0.5, 0.6) is 0 Å². The maximum Gasteiger partial charge on any atom is 0.243 e. The minimum absolute atomic E-state index is 0.0668. The number of aryl methyl sites for hydroxylation is 3. The van der Waals surface area contributed by atoms with Crippen molar-refractivity contribution in [3.05, 3.63) is 53.1 Å². The van der Waals surface area contributed by atoms with Crippen LogP contribution in [0, 0.1) is 20.8 Å². The number of anilines is 1. The molecule has 0 saturated carbocycles. The zero-order chi connectivity index (χ0) is 24.2. The summed E-state index contributed by atoms with van der Waals surface area (Å²) in [6.45, 7) is 10.1. The number of tetrazole rings is 1. The van der Waals surface area contributed by atoms with Crippen molar-refractivity contribution in [1.82, 2.24) is 24.5 Å². The van der Waals surface area contributed by atoms with E-state index >= 15 is 0 Å². The van der Waals surface area contributed by atoms with Gasteiger partial charge in [0.15, 0.2) is 0 Å². The van der Waals surface area contributed by atoms with Crippen LogP contribution < -0.4 is 5.32 Å². The Morgan fingerprint density at radius 3 is 2.45 bits per heavy atom. The van der Waals surface area contributed by atoms with Gasteiger partial charge in [-0.2, -0.15) is 8.99 Å². The third-order valence-electron chi connectivity index (χ3n) is 5.15. The van der Waals surface area contributed by atoms with Crippen LogP contribution >= 0.6 is 11.8 Å². The summed E-state index contributed by atoms with van der Waals surface area (Å²) < 4.78 is 28.9. The number of thioether (sulfide) groups is 1. The summed E-state index contributed by atoms with van der Waals surface area (Å²) in [5.41, 5.74) is 4.06. The van der Waals surface area contributed by atoms with Crippen molar-refractivity contribution in [3.8, 4) is 5.69 Å². The van der Waals surface area contributed by atoms with Gasteiger partial charge in [0, 0.05) is 18.8 Å². The quantitative estimate of drug-likeness (QED) is 0.460. The zero-order valence-electron chi connectivity index (χ0n) is 19.4. The molecule has 11 heteroatoms. The van der Waals surface area contributed by atoms with Crippen molar-refractivity contribution >= 4 is 33.4 Å². The maximum atomic E-state index is 12.9. The van der Waals surface area contributed by atoms with Crippen LogP contribution in [0.4, 0.5) is 5.69 Å². The van der Waals surface area contributed by atoms with Crippen molar-refractivity contribution in [2.24, 2.45) is 0 Å². The lowest BCUT2D eigenvalue weighted by Gasteiger charge is -2.20. The summed E-state index contributed by atoms with van der Waals surface area (Å²) in [6, 6.07) is 10.9. The van der Waals surface area contributed by atoms with Crippen molar-refractivity contribution in [2.75, 3.05) is 24.2 Å². The lowest BCUT2D eigenvalue weighted by atomic mass is 10.1. The molecule has 176 valence electrons. The first kappa shape index (κ1) is 24.9. The van der Waals surface area contributed by atoms with Crippen LogP contribution in [0.1, 0.15) is 30.5 Å². The first-order valence-corrected chi connectivity index (χ1v) is 13.0. The summed E-state index contributed by atoms with van der Waals surface area (Å²) in [4.78, 5) is 12.8.